The smallest absolute Gasteiger partial charge is 0.306 e. The summed E-state index contributed by atoms with van der Waals surface area (Å²) in [6, 6.07) is 0. The fourth-order valence-electron chi connectivity index (χ4n) is 10.6. The lowest BCUT2D eigenvalue weighted by atomic mass is 10.0. The second-order valence-electron chi connectivity index (χ2n) is 23.8. The first-order valence-corrected chi connectivity index (χ1v) is 35.0. The third-order valence-corrected chi connectivity index (χ3v) is 15.9. The fraction of sp³-hybridized carbons (Fsp3) is 0.875. The molecule has 0 saturated carbocycles. The van der Waals surface area contributed by atoms with Gasteiger partial charge in [0.05, 0.1) is 0 Å². The van der Waals surface area contributed by atoms with E-state index in [2.05, 4.69) is 57.2 Å². The molecule has 0 fully saturated rings. The normalized spacial score (nSPS) is 12.2. The first-order chi connectivity index (χ1) is 38.5. The summed E-state index contributed by atoms with van der Waals surface area (Å²) in [7, 11) is 0. The first kappa shape index (κ1) is 75.6. The standard InChI is InChI=1S/C72H134O6/c1-4-7-10-13-16-19-22-25-28-30-31-32-33-34-35-36-37-38-39-40-42-44-47-50-53-56-59-62-65-71(74)77-68-69(67-76-70(73)64-61-58-55-52-49-46-43-27-24-21-18-15-12-9-6-3)78-72(75)66-63-60-57-54-51-48-45-41-29-26-23-20-17-14-11-8-5-2/h17,20,26-27,29,43,69H,4-16,18-19,21-25,28,30-42,44-68H2,1-3H3/b20-17-,29-26-,43-27-. The minimum atomic E-state index is -0.779. The van der Waals surface area contributed by atoms with Crippen LogP contribution in [-0.4, -0.2) is 37.2 Å². The van der Waals surface area contributed by atoms with Crippen molar-refractivity contribution < 1.29 is 28.6 Å². The second kappa shape index (κ2) is 67.1. The fourth-order valence-corrected chi connectivity index (χ4v) is 10.6. The van der Waals surface area contributed by atoms with Gasteiger partial charge in [0.1, 0.15) is 13.2 Å². The van der Waals surface area contributed by atoms with Gasteiger partial charge < -0.3 is 14.2 Å². The van der Waals surface area contributed by atoms with Gasteiger partial charge in [-0.2, -0.15) is 0 Å². The zero-order valence-corrected chi connectivity index (χ0v) is 52.7. The van der Waals surface area contributed by atoms with Crippen molar-refractivity contribution in [2.45, 2.75) is 393 Å². The van der Waals surface area contributed by atoms with Gasteiger partial charge >= 0.3 is 17.9 Å². The molecule has 0 aliphatic heterocycles. The summed E-state index contributed by atoms with van der Waals surface area (Å²) in [4.78, 5) is 38.4. The SMILES string of the molecule is CCCCC/C=C\C/C=C\CCCCCCCCCC(=O)OC(COC(=O)CCCCCCC/C=C\CCCCCCCC)COC(=O)CCCCCCCCCCCCCCCCCCCCCCCCCCCCCC. The highest BCUT2D eigenvalue weighted by molar-refractivity contribution is 5.71. The van der Waals surface area contributed by atoms with Crippen LogP contribution >= 0.6 is 0 Å². The van der Waals surface area contributed by atoms with E-state index >= 15 is 0 Å². The van der Waals surface area contributed by atoms with E-state index in [1.807, 2.05) is 0 Å². The van der Waals surface area contributed by atoms with Crippen LogP contribution in [0.25, 0.3) is 0 Å². The summed E-state index contributed by atoms with van der Waals surface area (Å²) in [6.07, 6.45) is 83.2. The van der Waals surface area contributed by atoms with E-state index in [1.165, 1.54) is 270 Å². The highest BCUT2D eigenvalue weighted by atomic mass is 16.6. The maximum atomic E-state index is 12.9. The number of ether oxygens (including phenoxy) is 3. The molecule has 6 heteroatoms. The largest absolute Gasteiger partial charge is 0.462 e. The van der Waals surface area contributed by atoms with Crippen LogP contribution < -0.4 is 0 Å². The summed E-state index contributed by atoms with van der Waals surface area (Å²) in [5, 5.41) is 0. The van der Waals surface area contributed by atoms with Crippen molar-refractivity contribution in [3.05, 3.63) is 36.5 Å². The monoisotopic (exact) mass is 1100 g/mol. The molecular formula is C72H134O6. The Labute approximate surface area is 486 Å². The van der Waals surface area contributed by atoms with E-state index in [9.17, 15) is 14.4 Å². The summed E-state index contributed by atoms with van der Waals surface area (Å²) in [5.74, 6) is -0.864. The second-order valence-corrected chi connectivity index (χ2v) is 23.8. The minimum absolute atomic E-state index is 0.0737. The molecule has 78 heavy (non-hydrogen) atoms. The molecule has 1 atom stereocenters. The number of carbonyl (C=O) groups excluding carboxylic acids is 3. The zero-order chi connectivity index (χ0) is 56.4. The Balaban J connectivity index is 4.21. The summed E-state index contributed by atoms with van der Waals surface area (Å²) >= 11 is 0. The number of esters is 3. The van der Waals surface area contributed by atoms with Gasteiger partial charge in [-0.1, -0.05) is 327 Å². The Bertz CT molecular complexity index is 1300. The molecule has 0 rings (SSSR count). The Morgan fingerprint density at radius 3 is 0.744 bits per heavy atom. The topological polar surface area (TPSA) is 78.9 Å². The summed E-state index contributed by atoms with van der Waals surface area (Å²) < 4.78 is 17.0. The first-order valence-electron chi connectivity index (χ1n) is 35.0. The van der Waals surface area contributed by atoms with E-state index < -0.39 is 6.10 Å². The quantitative estimate of drug-likeness (QED) is 0.0261. The van der Waals surface area contributed by atoms with Crippen LogP contribution in [0.1, 0.15) is 387 Å². The van der Waals surface area contributed by atoms with Crippen molar-refractivity contribution in [3.8, 4) is 0 Å². The highest BCUT2D eigenvalue weighted by Crippen LogP contribution is 2.18. The number of unbranched alkanes of at least 4 members (excludes halogenated alkanes) is 48. The Morgan fingerprint density at radius 1 is 0.256 bits per heavy atom. The van der Waals surface area contributed by atoms with Crippen molar-refractivity contribution >= 4 is 17.9 Å². The van der Waals surface area contributed by atoms with Crippen molar-refractivity contribution in [1.29, 1.82) is 0 Å². The molecule has 0 spiro atoms. The van der Waals surface area contributed by atoms with Crippen LogP contribution in [0.15, 0.2) is 36.5 Å². The predicted molar refractivity (Wildman–Crippen MR) is 339 cm³/mol. The van der Waals surface area contributed by atoms with Gasteiger partial charge in [0.15, 0.2) is 6.10 Å². The average Bonchev–Trinajstić information content (AvgIpc) is 3.44. The number of allylic oxidation sites excluding steroid dienone is 6. The van der Waals surface area contributed by atoms with Gasteiger partial charge in [-0.15, -0.1) is 0 Å². The van der Waals surface area contributed by atoms with Crippen molar-refractivity contribution in [3.63, 3.8) is 0 Å². The molecule has 6 nitrogen and oxygen atoms in total. The van der Waals surface area contributed by atoms with Crippen LogP contribution in [0.2, 0.25) is 0 Å². The minimum Gasteiger partial charge on any atom is -0.462 e. The molecule has 1 unspecified atom stereocenters. The summed E-state index contributed by atoms with van der Waals surface area (Å²) in [5.41, 5.74) is 0. The van der Waals surface area contributed by atoms with Gasteiger partial charge in [-0.05, 0) is 77.0 Å². The number of hydrogen-bond acceptors (Lipinski definition) is 6. The van der Waals surface area contributed by atoms with Gasteiger partial charge in [0, 0.05) is 19.3 Å². The molecule has 0 aromatic carbocycles. The van der Waals surface area contributed by atoms with Crippen LogP contribution in [0, 0.1) is 0 Å². The van der Waals surface area contributed by atoms with E-state index in [0.29, 0.717) is 19.3 Å². The molecule has 0 bridgehead atoms. The summed E-state index contributed by atoms with van der Waals surface area (Å²) in [6.45, 7) is 6.67. The lowest BCUT2D eigenvalue weighted by molar-refractivity contribution is -0.167. The van der Waals surface area contributed by atoms with Crippen molar-refractivity contribution in [2.75, 3.05) is 13.2 Å². The van der Waals surface area contributed by atoms with Crippen LogP contribution in [-0.2, 0) is 28.6 Å². The molecule has 458 valence electrons. The van der Waals surface area contributed by atoms with Gasteiger partial charge in [0.2, 0.25) is 0 Å². The van der Waals surface area contributed by atoms with Crippen LogP contribution in [0.3, 0.4) is 0 Å². The molecule has 0 heterocycles. The maximum Gasteiger partial charge on any atom is 0.306 e. The van der Waals surface area contributed by atoms with Crippen molar-refractivity contribution in [2.24, 2.45) is 0 Å². The highest BCUT2D eigenvalue weighted by Gasteiger charge is 2.19. The molecule has 0 aromatic rings. The average molecular weight is 1100 g/mol. The van der Waals surface area contributed by atoms with E-state index in [-0.39, 0.29) is 31.1 Å². The number of carbonyl (C=O) groups is 3. The Morgan fingerprint density at radius 2 is 0.462 bits per heavy atom. The van der Waals surface area contributed by atoms with E-state index in [1.54, 1.807) is 0 Å². The van der Waals surface area contributed by atoms with Gasteiger partial charge in [0.25, 0.3) is 0 Å². The molecule has 0 N–H and O–H groups in total. The molecule has 0 aromatic heterocycles. The maximum absolute atomic E-state index is 12.9. The van der Waals surface area contributed by atoms with Gasteiger partial charge in [-0.3, -0.25) is 14.4 Å². The van der Waals surface area contributed by atoms with Crippen molar-refractivity contribution in [1.82, 2.24) is 0 Å². The van der Waals surface area contributed by atoms with E-state index in [0.717, 1.165) is 77.0 Å². The molecule has 0 amide bonds. The van der Waals surface area contributed by atoms with Gasteiger partial charge in [-0.25, -0.2) is 0 Å². The zero-order valence-electron chi connectivity index (χ0n) is 52.7. The number of hydrogen-bond donors (Lipinski definition) is 0. The Kier molecular flexibility index (Phi) is 65.1. The molecule has 0 saturated heterocycles. The lowest BCUT2D eigenvalue weighted by Crippen LogP contribution is -2.30. The number of rotatable bonds is 65. The predicted octanol–water partition coefficient (Wildman–Crippen LogP) is 23.9. The third kappa shape index (κ3) is 64.5. The Hall–Kier alpha value is -2.37. The molecule has 0 radical (unpaired) electrons. The molecule has 0 aliphatic carbocycles. The van der Waals surface area contributed by atoms with Crippen LogP contribution in [0.5, 0.6) is 0 Å². The third-order valence-electron chi connectivity index (χ3n) is 15.9. The van der Waals surface area contributed by atoms with Crippen LogP contribution in [0.4, 0.5) is 0 Å². The molecular weight excluding hydrogens is 961 g/mol. The van der Waals surface area contributed by atoms with E-state index in [4.69, 9.17) is 14.2 Å². The lowest BCUT2D eigenvalue weighted by Gasteiger charge is -2.18. The molecule has 0 aliphatic rings.